The Morgan fingerprint density at radius 2 is 2.33 bits per heavy atom. The van der Waals surface area contributed by atoms with Crippen LogP contribution in [0, 0.1) is 0 Å². The highest BCUT2D eigenvalue weighted by Gasteiger charge is 2.21. The van der Waals surface area contributed by atoms with Crippen molar-refractivity contribution in [2.45, 2.75) is 19.4 Å². The summed E-state index contributed by atoms with van der Waals surface area (Å²) in [5, 5.41) is 3.27. The first-order chi connectivity index (χ1) is 5.79. The van der Waals surface area contributed by atoms with Gasteiger partial charge in [-0.25, -0.2) is 0 Å². The molecule has 0 aromatic rings. The quantitative estimate of drug-likeness (QED) is 0.569. The van der Waals surface area contributed by atoms with E-state index in [1.807, 2.05) is 12.3 Å². The number of nitrogens with one attached hydrogen (secondary N) is 1. The summed E-state index contributed by atoms with van der Waals surface area (Å²) < 4.78 is 0. The molecule has 0 bridgehead atoms. The number of thiocarbonyl (C=S) groups is 1. The Kier molecular flexibility index (Phi) is 1.85. The first-order valence-electron chi connectivity index (χ1n) is 4.11. The predicted molar refractivity (Wildman–Crippen MR) is 55.1 cm³/mol. The summed E-state index contributed by atoms with van der Waals surface area (Å²) in [5.74, 6) is 0. The van der Waals surface area contributed by atoms with Gasteiger partial charge in [-0.15, -0.1) is 0 Å². The van der Waals surface area contributed by atoms with E-state index in [1.165, 1.54) is 11.1 Å². The molecule has 0 spiro atoms. The van der Waals surface area contributed by atoms with Crippen molar-refractivity contribution in [1.82, 2.24) is 5.32 Å². The molecule has 0 radical (unpaired) electrons. The summed E-state index contributed by atoms with van der Waals surface area (Å²) >= 11 is 5.24. The third-order valence-corrected chi connectivity index (χ3v) is 2.73. The van der Waals surface area contributed by atoms with Crippen molar-refractivity contribution in [3.05, 3.63) is 35.6 Å². The van der Waals surface area contributed by atoms with Gasteiger partial charge < -0.3 is 5.32 Å². The minimum atomic E-state index is 0.287. The Morgan fingerprint density at radius 1 is 1.50 bits per heavy atom. The van der Waals surface area contributed by atoms with Crippen molar-refractivity contribution in [3.63, 3.8) is 0 Å². The summed E-state index contributed by atoms with van der Waals surface area (Å²) in [5.41, 5.74) is 2.77. The van der Waals surface area contributed by atoms with Crippen molar-refractivity contribution < 1.29 is 0 Å². The zero-order chi connectivity index (χ0) is 8.55. The van der Waals surface area contributed by atoms with Crippen LogP contribution < -0.4 is 5.32 Å². The molecule has 0 saturated carbocycles. The smallest absolute Gasteiger partial charge is 0.0832 e. The zero-order valence-corrected chi connectivity index (χ0v) is 7.82. The van der Waals surface area contributed by atoms with Gasteiger partial charge in [0.15, 0.2) is 0 Å². The van der Waals surface area contributed by atoms with Gasteiger partial charge in [0.05, 0.1) is 6.04 Å². The molecule has 2 rings (SSSR count). The van der Waals surface area contributed by atoms with Crippen LogP contribution in [0.15, 0.2) is 35.6 Å². The fourth-order valence-corrected chi connectivity index (χ4v) is 1.94. The lowest BCUT2D eigenvalue weighted by atomic mass is 9.89. The molecule has 1 heterocycles. The Labute approximate surface area is 77.9 Å². The summed E-state index contributed by atoms with van der Waals surface area (Å²) in [6.07, 6.45) is 9.29. The Hall–Kier alpha value is -0.890. The van der Waals surface area contributed by atoms with Gasteiger partial charge in [0.2, 0.25) is 0 Å². The van der Waals surface area contributed by atoms with E-state index < -0.39 is 0 Å². The van der Waals surface area contributed by atoms with Gasteiger partial charge in [0.1, 0.15) is 0 Å². The van der Waals surface area contributed by atoms with Gasteiger partial charge in [0.25, 0.3) is 0 Å². The summed E-state index contributed by atoms with van der Waals surface area (Å²) in [6, 6.07) is 0.287. The first-order valence-corrected chi connectivity index (χ1v) is 4.52. The van der Waals surface area contributed by atoms with Crippen LogP contribution in [-0.2, 0) is 0 Å². The molecule has 1 N–H and O–H groups in total. The van der Waals surface area contributed by atoms with Crippen molar-refractivity contribution in [2.24, 2.45) is 0 Å². The van der Waals surface area contributed by atoms with Crippen LogP contribution in [-0.4, -0.2) is 10.9 Å². The van der Waals surface area contributed by atoms with Crippen LogP contribution in [0.1, 0.15) is 13.3 Å². The third-order valence-electron chi connectivity index (χ3n) is 2.36. The second kappa shape index (κ2) is 2.87. The van der Waals surface area contributed by atoms with E-state index >= 15 is 0 Å². The molecule has 2 heteroatoms. The highest BCUT2D eigenvalue weighted by atomic mass is 32.1. The maximum absolute atomic E-state index is 5.24. The lowest BCUT2D eigenvalue weighted by Crippen LogP contribution is -2.37. The number of fused-ring (bicyclic) bond motifs is 1. The van der Waals surface area contributed by atoms with Crippen LogP contribution in [0.5, 0.6) is 0 Å². The molecule has 2 aliphatic rings. The molecule has 1 aliphatic carbocycles. The van der Waals surface area contributed by atoms with Crippen molar-refractivity contribution in [3.8, 4) is 0 Å². The average molecular weight is 177 g/mol. The minimum absolute atomic E-state index is 0.287. The van der Waals surface area contributed by atoms with Crippen LogP contribution in [0.2, 0.25) is 0 Å². The van der Waals surface area contributed by atoms with E-state index in [0.717, 1.165) is 11.3 Å². The molecule has 1 nitrogen and oxygen atoms in total. The number of allylic oxidation sites excluding steroid dienone is 3. The SMILES string of the molecule is CC1=C2CC=CC(=S)C2NC=C1. The van der Waals surface area contributed by atoms with Gasteiger partial charge in [0, 0.05) is 4.86 Å². The highest BCUT2D eigenvalue weighted by Crippen LogP contribution is 2.23. The molecule has 1 aliphatic heterocycles. The lowest BCUT2D eigenvalue weighted by Gasteiger charge is -2.27. The normalized spacial score (nSPS) is 27.1. The monoisotopic (exact) mass is 177 g/mol. The first kappa shape index (κ1) is 7.74. The molecule has 0 saturated heterocycles. The Bertz CT molecular complexity index is 310. The largest absolute Gasteiger partial charge is 0.380 e. The molecule has 12 heavy (non-hydrogen) atoms. The Morgan fingerprint density at radius 3 is 3.08 bits per heavy atom. The van der Waals surface area contributed by atoms with Crippen LogP contribution in [0.25, 0.3) is 0 Å². The molecule has 0 aromatic heterocycles. The van der Waals surface area contributed by atoms with Gasteiger partial charge >= 0.3 is 0 Å². The fourth-order valence-electron chi connectivity index (χ4n) is 1.64. The fraction of sp³-hybridized carbons (Fsp3) is 0.300. The van der Waals surface area contributed by atoms with Crippen LogP contribution in [0.4, 0.5) is 0 Å². The standard InChI is InChI=1S/C10H11NS/c1-7-5-6-11-10-8(7)3-2-4-9(10)12/h2,4-6,10-11H,3H2,1H3. The van der Waals surface area contributed by atoms with Gasteiger partial charge in [-0.1, -0.05) is 18.3 Å². The molecule has 0 amide bonds. The van der Waals surface area contributed by atoms with E-state index in [-0.39, 0.29) is 6.04 Å². The molecule has 1 atom stereocenters. The Balaban J connectivity index is 2.42. The van der Waals surface area contributed by atoms with Crippen molar-refractivity contribution >= 4 is 17.1 Å². The third kappa shape index (κ3) is 1.12. The molecule has 0 aromatic carbocycles. The minimum Gasteiger partial charge on any atom is -0.380 e. The highest BCUT2D eigenvalue weighted by molar-refractivity contribution is 7.80. The van der Waals surface area contributed by atoms with Gasteiger partial charge in [-0.3, -0.25) is 0 Å². The van der Waals surface area contributed by atoms with Crippen LogP contribution >= 0.6 is 12.2 Å². The van der Waals surface area contributed by atoms with E-state index in [2.05, 4.69) is 24.4 Å². The van der Waals surface area contributed by atoms with Crippen molar-refractivity contribution in [2.75, 3.05) is 0 Å². The van der Waals surface area contributed by atoms with Gasteiger partial charge in [-0.05, 0) is 42.8 Å². The molecule has 1 unspecified atom stereocenters. The van der Waals surface area contributed by atoms with E-state index in [1.54, 1.807) is 0 Å². The summed E-state index contributed by atoms with van der Waals surface area (Å²) in [4.78, 5) is 1.000. The number of hydrogen-bond donors (Lipinski definition) is 1. The number of rotatable bonds is 0. The van der Waals surface area contributed by atoms with Crippen LogP contribution in [0.3, 0.4) is 0 Å². The molecular formula is C10H11NS. The maximum atomic E-state index is 5.24. The summed E-state index contributed by atoms with van der Waals surface area (Å²) in [6.45, 7) is 2.14. The average Bonchev–Trinajstić information content (AvgIpc) is 2.07. The van der Waals surface area contributed by atoms with E-state index in [4.69, 9.17) is 12.2 Å². The second-order valence-corrected chi connectivity index (χ2v) is 3.62. The molecular weight excluding hydrogens is 166 g/mol. The number of hydrogen-bond acceptors (Lipinski definition) is 2. The van der Waals surface area contributed by atoms with E-state index in [9.17, 15) is 0 Å². The van der Waals surface area contributed by atoms with E-state index in [0.29, 0.717) is 0 Å². The predicted octanol–water partition coefficient (Wildman–Crippen LogP) is 2.12. The summed E-state index contributed by atoms with van der Waals surface area (Å²) in [7, 11) is 0. The molecule has 0 fully saturated rings. The lowest BCUT2D eigenvalue weighted by molar-refractivity contribution is 0.786. The molecule has 62 valence electrons. The van der Waals surface area contributed by atoms with Crippen molar-refractivity contribution in [1.29, 1.82) is 0 Å². The zero-order valence-electron chi connectivity index (χ0n) is 7.00. The van der Waals surface area contributed by atoms with Gasteiger partial charge in [-0.2, -0.15) is 0 Å². The number of dihydropyridines is 1. The maximum Gasteiger partial charge on any atom is 0.0832 e. The second-order valence-electron chi connectivity index (χ2n) is 3.15. The topological polar surface area (TPSA) is 12.0 Å².